The molecule has 2 aliphatic rings. The van der Waals surface area contributed by atoms with Crippen molar-refractivity contribution >= 4 is 38.5 Å². The van der Waals surface area contributed by atoms with Crippen molar-refractivity contribution in [3.8, 4) is 5.75 Å². The van der Waals surface area contributed by atoms with Crippen molar-refractivity contribution in [1.82, 2.24) is 9.88 Å². The molecular weight excluding hydrogens is 422 g/mol. The van der Waals surface area contributed by atoms with E-state index < -0.39 is 0 Å². The second-order valence-electron chi connectivity index (χ2n) is 8.61. The fourth-order valence-corrected chi connectivity index (χ4v) is 5.30. The normalized spacial score (nSPS) is 16.8. The Kier molecular flexibility index (Phi) is 5.83. The van der Waals surface area contributed by atoms with E-state index in [1.54, 1.807) is 7.11 Å². The van der Waals surface area contributed by atoms with Gasteiger partial charge in [0.1, 0.15) is 5.75 Å². The van der Waals surface area contributed by atoms with Crippen molar-refractivity contribution in [2.45, 2.75) is 32.2 Å². The number of methoxy groups -OCH3 is 1. The zero-order valence-electron chi connectivity index (χ0n) is 18.2. The molecule has 2 fully saturated rings. The topological polar surface area (TPSA) is 62.7 Å². The molecule has 2 heterocycles. The standard InChI is InChI=1S/C25H27N3O3S/c1-31-20-9-10-21-22(15-20)32-25(26-21)28(16-17-5-3-2-4-6-17)24(30)19-11-13-27(14-12-19)23(29)18-7-8-18/h2-6,9-10,15,18-19H,7-8,11-14,16H2,1H3. The first kappa shape index (κ1) is 20.9. The average molecular weight is 450 g/mol. The van der Waals surface area contributed by atoms with Gasteiger partial charge < -0.3 is 9.64 Å². The van der Waals surface area contributed by atoms with Crippen molar-refractivity contribution in [1.29, 1.82) is 0 Å². The molecule has 1 aliphatic heterocycles. The van der Waals surface area contributed by atoms with Crippen molar-refractivity contribution in [3.63, 3.8) is 0 Å². The van der Waals surface area contributed by atoms with Gasteiger partial charge in [0.25, 0.3) is 0 Å². The van der Waals surface area contributed by atoms with E-state index in [1.165, 1.54) is 11.3 Å². The van der Waals surface area contributed by atoms with Crippen molar-refractivity contribution in [3.05, 3.63) is 54.1 Å². The number of hydrogen-bond acceptors (Lipinski definition) is 5. The number of ether oxygens (including phenoxy) is 1. The number of likely N-dealkylation sites (tertiary alicyclic amines) is 1. The SMILES string of the molecule is COc1ccc2nc(N(Cc3ccccc3)C(=O)C3CCN(C(=O)C4CC4)CC3)sc2c1. The van der Waals surface area contributed by atoms with E-state index >= 15 is 0 Å². The van der Waals surface area contributed by atoms with Gasteiger partial charge in [-0.05, 0) is 49.4 Å². The molecule has 2 amide bonds. The summed E-state index contributed by atoms with van der Waals surface area (Å²) in [6.45, 7) is 1.82. The van der Waals surface area contributed by atoms with Gasteiger partial charge in [-0.1, -0.05) is 41.7 Å². The number of benzene rings is 2. The third kappa shape index (κ3) is 4.35. The van der Waals surface area contributed by atoms with E-state index in [-0.39, 0.29) is 23.7 Å². The summed E-state index contributed by atoms with van der Waals surface area (Å²) in [5.41, 5.74) is 1.93. The molecule has 3 aromatic rings. The summed E-state index contributed by atoms with van der Waals surface area (Å²) in [5, 5.41) is 0.707. The zero-order valence-corrected chi connectivity index (χ0v) is 19.0. The van der Waals surface area contributed by atoms with Crippen LogP contribution in [-0.2, 0) is 16.1 Å². The Morgan fingerprint density at radius 1 is 1.06 bits per heavy atom. The summed E-state index contributed by atoms with van der Waals surface area (Å²) in [6.07, 6.45) is 3.46. The molecule has 0 N–H and O–H groups in total. The Hall–Kier alpha value is -2.93. The van der Waals surface area contributed by atoms with E-state index in [0.717, 1.165) is 34.4 Å². The van der Waals surface area contributed by atoms with Crippen LogP contribution in [0.4, 0.5) is 5.13 Å². The van der Waals surface area contributed by atoms with Gasteiger partial charge in [0.05, 0.1) is 23.9 Å². The quantitative estimate of drug-likeness (QED) is 0.556. The lowest BCUT2D eigenvalue weighted by atomic mass is 9.95. The van der Waals surface area contributed by atoms with E-state index in [1.807, 2.05) is 58.3 Å². The molecule has 0 atom stereocenters. The minimum absolute atomic E-state index is 0.0940. The summed E-state index contributed by atoms with van der Waals surface area (Å²) in [6, 6.07) is 15.8. The molecule has 32 heavy (non-hydrogen) atoms. The van der Waals surface area contributed by atoms with E-state index in [2.05, 4.69) is 0 Å². The number of aromatic nitrogens is 1. The molecule has 0 bridgehead atoms. The Balaban J connectivity index is 1.38. The lowest BCUT2D eigenvalue weighted by Gasteiger charge is -2.33. The number of carbonyl (C=O) groups excluding carboxylic acids is 2. The summed E-state index contributed by atoms with van der Waals surface area (Å²) >= 11 is 1.51. The molecule has 1 aromatic heterocycles. The highest BCUT2D eigenvalue weighted by Gasteiger charge is 2.37. The maximum Gasteiger partial charge on any atom is 0.232 e. The monoisotopic (exact) mass is 449 g/mol. The molecule has 166 valence electrons. The number of carbonyl (C=O) groups is 2. The van der Waals surface area contributed by atoms with Gasteiger partial charge in [0, 0.05) is 24.9 Å². The third-order valence-electron chi connectivity index (χ3n) is 6.35. The molecule has 5 rings (SSSR count). The van der Waals surface area contributed by atoms with Crippen LogP contribution in [0.15, 0.2) is 48.5 Å². The molecular formula is C25H27N3O3S. The number of piperidine rings is 1. The summed E-state index contributed by atoms with van der Waals surface area (Å²) in [5.74, 6) is 1.29. The number of thiazole rings is 1. The Labute approximate surface area is 191 Å². The molecule has 7 heteroatoms. The second kappa shape index (κ2) is 8.90. The van der Waals surface area contributed by atoms with Crippen LogP contribution in [-0.4, -0.2) is 41.9 Å². The minimum Gasteiger partial charge on any atom is -0.497 e. The lowest BCUT2D eigenvalue weighted by Crippen LogP contribution is -2.44. The summed E-state index contributed by atoms with van der Waals surface area (Å²) in [4.78, 5) is 34.6. The van der Waals surface area contributed by atoms with Gasteiger partial charge >= 0.3 is 0 Å². The number of fused-ring (bicyclic) bond motifs is 1. The van der Waals surface area contributed by atoms with Gasteiger partial charge in [-0.15, -0.1) is 0 Å². The van der Waals surface area contributed by atoms with Gasteiger partial charge in [-0.3, -0.25) is 14.5 Å². The van der Waals surface area contributed by atoms with Crippen molar-refractivity contribution < 1.29 is 14.3 Å². The summed E-state index contributed by atoms with van der Waals surface area (Å²) < 4.78 is 6.34. The first-order chi connectivity index (χ1) is 15.6. The van der Waals surface area contributed by atoms with Crippen LogP contribution in [0.3, 0.4) is 0 Å². The van der Waals surface area contributed by atoms with E-state index in [0.29, 0.717) is 37.6 Å². The highest BCUT2D eigenvalue weighted by atomic mass is 32.1. The smallest absolute Gasteiger partial charge is 0.232 e. The summed E-state index contributed by atoms with van der Waals surface area (Å²) in [7, 11) is 1.65. The van der Waals surface area contributed by atoms with Crippen LogP contribution < -0.4 is 9.64 Å². The Bertz CT molecular complexity index is 1120. The number of nitrogens with zero attached hydrogens (tertiary/aromatic N) is 3. The van der Waals surface area contributed by atoms with Crippen LogP contribution >= 0.6 is 11.3 Å². The average Bonchev–Trinajstić information content (AvgIpc) is 3.61. The number of rotatable bonds is 6. The van der Waals surface area contributed by atoms with Crippen LogP contribution in [0.5, 0.6) is 5.75 Å². The molecule has 0 radical (unpaired) electrons. The Morgan fingerprint density at radius 3 is 2.50 bits per heavy atom. The minimum atomic E-state index is -0.0940. The fraction of sp³-hybridized carbons (Fsp3) is 0.400. The van der Waals surface area contributed by atoms with Gasteiger partial charge in [-0.25, -0.2) is 4.98 Å². The number of hydrogen-bond donors (Lipinski definition) is 0. The van der Waals surface area contributed by atoms with Gasteiger partial charge in [0.2, 0.25) is 11.8 Å². The largest absolute Gasteiger partial charge is 0.497 e. The molecule has 0 spiro atoms. The Morgan fingerprint density at radius 2 is 1.81 bits per heavy atom. The molecule has 1 saturated carbocycles. The second-order valence-corrected chi connectivity index (χ2v) is 9.62. The predicted molar refractivity (Wildman–Crippen MR) is 126 cm³/mol. The van der Waals surface area contributed by atoms with Crippen LogP contribution in [0.2, 0.25) is 0 Å². The van der Waals surface area contributed by atoms with Crippen LogP contribution in [0.1, 0.15) is 31.2 Å². The van der Waals surface area contributed by atoms with Crippen LogP contribution in [0, 0.1) is 11.8 Å². The maximum absolute atomic E-state index is 13.7. The zero-order chi connectivity index (χ0) is 22.1. The van der Waals surface area contributed by atoms with E-state index in [9.17, 15) is 9.59 Å². The van der Waals surface area contributed by atoms with E-state index in [4.69, 9.17) is 9.72 Å². The maximum atomic E-state index is 13.7. The first-order valence-electron chi connectivity index (χ1n) is 11.2. The lowest BCUT2D eigenvalue weighted by molar-refractivity contribution is -0.136. The number of anilines is 1. The van der Waals surface area contributed by atoms with Crippen LogP contribution in [0.25, 0.3) is 10.2 Å². The molecule has 1 saturated heterocycles. The third-order valence-corrected chi connectivity index (χ3v) is 7.39. The first-order valence-corrected chi connectivity index (χ1v) is 12.0. The van der Waals surface area contributed by atoms with Crippen molar-refractivity contribution in [2.75, 3.05) is 25.1 Å². The fourth-order valence-electron chi connectivity index (χ4n) is 4.30. The number of amides is 2. The molecule has 0 unspecified atom stereocenters. The highest BCUT2D eigenvalue weighted by molar-refractivity contribution is 7.22. The van der Waals surface area contributed by atoms with Gasteiger partial charge in [-0.2, -0.15) is 0 Å². The highest BCUT2D eigenvalue weighted by Crippen LogP contribution is 2.35. The van der Waals surface area contributed by atoms with Gasteiger partial charge in [0.15, 0.2) is 5.13 Å². The van der Waals surface area contributed by atoms with Crippen molar-refractivity contribution in [2.24, 2.45) is 11.8 Å². The predicted octanol–water partition coefficient (Wildman–Crippen LogP) is 4.49. The molecule has 1 aliphatic carbocycles. The molecule has 6 nitrogen and oxygen atoms in total. The molecule has 2 aromatic carbocycles.